The molecule has 0 unspecified atom stereocenters. The van der Waals surface area contributed by atoms with Crippen LogP contribution in [-0.2, 0) is 0 Å². The zero-order valence-electron chi connectivity index (χ0n) is 10.7. The average molecular weight is 222 g/mol. The lowest BCUT2D eigenvalue weighted by Gasteiger charge is -2.25. The van der Waals surface area contributed by atoms with Crippen molar-refractivity contribution in [3.05, 3.63) is 29.3 Å². The predicted molar refractivity (Wildman–Crippen MR) is 66.9 cm³/mol. The van der Waals surface area contributed by atoms with Crippen molar-refractivity contribution in [1.82, 2.24) is 0 Å². The summed E-state index contributed by atoms with van der Waals surface area (Å²) in [6.07, 6.45) is 1.43. The van der Waals surface area contributed by atoms with Gasteiger partial charge in [0.05, 0.1) is 5.60 Å². The summed E-state index contributed by atoms with van der Waals surface area (Å²) in [5.41, 5.74) is 1.59. The van der Waals surface area contributed by atoms with Gasteiger partial charge in [-0.1, -0.05) is 26.0 Å². The number of ether oxygens (including phenoxy) is 1. The summed E-state index contributed by atoms with van der Waals surface area (Å²) in [7, 11) is 0. The van der Waals surface area contributed by atoms with Gasteiger partial charge in [-0.3, -0.25) is 0 Å². The lowest BCUT2D eigenvalue weighted by molar-refractivity contribution is -0.0115. The van der Waals surface area contributed by atoms with E-state index in [0.29, 0.717) is 19.4 Å². The van der Waals surface area contributed by atoms with Crippen molar-refractivity contribution in [2.45, 2.75) is 46.1 Å². The van der Waals surface area contributed by atoms with E-state index < -0.39 is 5.60 Å². The Labute approximate surface area is 98.3 Å². The highest BCUT2D eigenvalue weighted by atomic mass is 16.5. The van der Waals surface area contributed by atoms with Gasteiger partial charge in [-0.15, -0.1) is 0 Å². The minimum atomic E-state index is -0.698. The van der Waals surface area contributed by atoms with Crippen molar-refractivity contribution in [1.29, 1.82) is 0 Å². The first-order chi connectivity index (χ1) is 7.50. The Balaban J connectivity index is 2.70. The Morgan fingerprint density at radius 1 is 1.19 bits per heavy atom. The van der Waals surface area contributed by atoms with Crippen LogP contribution in [0.2, 0.25) is 0 Å². The molecule has 0 amide bonds. The number of aryl methyl sites for hydroxylation is 2. The predicted octanol–water partition coefficient (Wildman–Crippen LogP) is 3.23. The maximum atomic E-state index is 10.1. The van der Waals surface area contributed by atoms with Crippen LogP contribution in [0, 0.1) is 13.8 Å². The van der Waals surface area contributed by atoms with Gasteiger partial charge in [0.1, 0.15) is 12.4 Å². The zero-order valence-corrected chi connectivity index (χ0v) is 10.7. The molecule has 90 valence electrons. The number of benzene rings is 1. The third-order valence-electron chi connectivity index (χ3n) is 3.16. The fourth-order valence-corrected chi connectivity index (χ4v) is 1.53. The highest BCUT2D eigenvalue weighted by molar-refractivity contribution is 5.36. The summed E-state index contributed by atoms with van der Waals surface area (Å²) in [5, 5.41) is 10.1. The molecular formula is C14H22O2. The van der Waals surface area contributed by atoms with Crippen molar-refractivity contribution >= 4 is 0 Å². The maximum Gasteiger partial charge on any atom is 0.122 e. The van der Waals surface area contributed by atoms with Crippen LogP contribution in [0.5, 0.6) is 5.75 Å². The molecule has 0 aliphatic rings. The first-order valence-electron chi connectivity index (χ1n) is 5.93. The summed E-state index contributed by atoms with van der Waals surface area (Å²) in [6, 6.07) is 6.12. The minimum Gasteiger partial charge on any atom is -0.490 e. The molecule has 2 nitrogen and oxygen atoms in total. The molecule has 0 aromatic heterocycles. The summed E-state index contributed by atoms with van der Waals surface area (Å²) < 4.78 is 5.71. The molecular weight excluding hydrogens is 200 g/mol. The Morgan fingerprint density at radius 3 is 2.38 bits per heavy atom. The molecule has 1 aromatic rings. The van der Waals surface area contributed by atoms with E-state index in [4.69, 9.17) is 4.74 Å². The van der Waals surface area contributed by atoms with Gasteiger partial charge in [-0.05, 0) is 43.9 Å². The van der Waals surface area contributed by atoms with Crippen LogP contribution in [0.15, 0.2) is 18.2 Å². The summed E-state index contributed by atoms with van der Waals surface area (Å²) >= 11 is 0. The average Bonchev–Trinajstić information content (AvgIpc) is 2.30. The highest BCUT2D eigenvalue weighted by Crippen LogP contribution is 2.22. The standard InChI is InChI=1S/C14H22O2/c1-5-14(15,6-2)10-16-13-9-11(3)7-8-12(13)4/h7-9,15H,5-6,10H2,1-4H3. The summed E-state index contributed by atoms with van der Waals surface area (Å²) in [4.78, 5) is 0. The Hall–Kier alpha value is -1.02. The van der Waals surface area contributed by atoms with Gasteiger partial charge in [0.25, 0.3) is 0 Å². The van der Waals surface area contributed by atoms with Gasteiger partial charge >= 0.3 is 0 Å². The first kappa shape index (κ1) is 13.0. The van der Waals surface area contributed by atoms with E-state index >= 15 is 0 Å². The Kier molecular flexibility index (Phi) is 4.36. The quantitative estimate of drug-likeness (QED) is 0.828. The van der Waals surface area contributed by atoms with E-state index in [-0.39, 0.29) is 0 Å². The van der Waals surface area contributed by atoms with Crippen LogP contribution in [0.4, 0.5) is 0 Å². The smallest absolute Gasteiger partial charge is 0.122 e. The van der Waals surface area contributed by atoms with Gasteiger partial charge < -0.3 is 9.84 Å². The van der Waals surface area contributed by atoms with Crippen molar-refractivity contribution in [3.8, 4) is 5.75 Å². The number of hydrogen-bond acceptors (Lipinski definition) is 2. The Morgan fingerprint density at radius 2 is 1.81 bits per heavy atom. The van der Waals surface area contributed by atoms with Crippen LogP contribution in [0.3, 0.4) is 0 Å². The molecule has 0 aliphatic heterocycles. The fourth-order valence-electron chi connectivity index (χ4n) is 1.53. The van der Waals surface area contributed by atoms with Crippen LogP contribution in [0.1, 0.15) is 37.8 Å². The third-order valence-corrected chi connectivity index (χ3v) is 3.16. The van der Waals surface area contributed by atoms with Crippen molar-refractivity contribution in [2.24, 2.45) is 0 Å². The molecule has 1 rings (SSSR count). The minimum absolute atomic E-state index is 0.365. The molecule has 0 aliphatic carbocycles. The molecule has 0 heterocycles. The molecule has 0 bridgehead atoms. The van der Waals surface area contributed by atoms with E-state index in [1.807, 2.05) is 39.8 Å². The number of aliphatic hydroxyl groups is 1. The van der Waals surface area contributed by atoms with Crippen molar-refractivity contribution < 1.29 is 9.84 Å². The first-order valence-corrected chi connectivity index (χ1v) is 5.93. The molecule has 0 fully saturated rings. The molecule has 0 atom stereocenters. The molecule has 1 N–H and O–H groups in total. The van der Waals surface area contributed by atoms with Gasteiger partial charge in [-0.2, -0.15) is 0 Å². The topological polar surface area (TPSA) is 29.5 Å². The monoisotopic (exact) mass is 222 g/mol. The third kappa shape index (κ3) is 3.24. The van der Waals surface area contributed by atoms with Gasteiger partial charge in [-0.25, -0.2) is 0 Å². The lowest BCUT2D eigenvalue weighted by atomic mass is 9.99. The van der Waals surface area contributed by atoms with E-state index in [1.54, 1.807) is 0 Å². The molecule has 1 aromatic carbocycles. The summed E-state index contributed by atoms with van der Waals surface area (Å²) in [6.45, 7) is 8.39. The lowest BCUT2D eigenvalue weighted by Crippen LogP contribution is -2.34. The van der Waals surface area contributed by atoms with Crippen LogP contribution in [-0.4, -0.2) is 17.3 Å². The number of rotatable bonds is 5. The zero-order chi connectivity index (χ0) is 12.2. The van der Waals surface area contributed by atoms with Crippen LogP contribution >= 0.6 is 0 Å². The SMILES string of the molecule is CCC(O)(CC)COc1cc(C)ccc1C. The molecule has 0 spiro atoms. The van der Waals surface area contributed by atoms with Crippen LogP contribution in [0.25, 0.3) is 0 Å². The van der Waals surface area contributed by atoms with Gasteiger partial charge in [0.2, 0.25) is 0 Å². The fraction of sp³-hybridized carbons (Fsp3) is 0.571. The number of hydrogen-bond donors (Lipinski definition) is 1. The molecule has 16 heavy (non-hydrogen) atoms. The molecule has 2 heteroatoms. The van der Waals surface area contributed by atoms with E-state index in [1.165, 1.54) is 5.56 Å². The van der Waals surface area contributed by atoms with E-state index in [9.17, 15) is 5.11 Å². The van der Waals surface area contributed by atoms with Crippen molar-refractivity contribution in [3.63, 3.8) is 0 Å². The van der Waals surface area contributed by atoms with Crippen LogP contribution < -0.4 is 4.74 Å². The van der Waals surface area contributed by atoms with E-state index in [0.717, 1.165) is 11.3 Å². The normalized spacial score (nSPS) is 11.6. The molecule has 0 saturated carbocycles. The maximum absolute atomic E-state index is 10.1. The second-order valence-electron chi connectivity index (χ2n) is 4.49. The molecule has 0 saturated heterocycles. The van der Waals surface area contributed by atoms with Gasteiger partial charge in [0.15, 0.2) is 0 Å². The van der Waals surface area contributed by atoms with Crippen molar-refractivity contribution in [2.75, 3.05) is 6.61 Å². The highest BCUT2D eigenvalue weighted by Gasteiger charge is 2.23. The molecule has 0 radical (unpaired) electrons. The largest absolute Gasteiger partial charge is 0.490 e. The summed E-state index contributed by atoms with van der Waals surface area (Å²) in [5.74, 6) is 0.875. The Bertz CT molecular complexity index is 341. The van der Waals surface area contributed by atoms with E-state index in [2.05, 4.69) is 6.07 Å². The van der Waals surface area contributed by atoms with Gasteiger partial charge in [0, 0.05) is 0 Å². The second kappa shape index (κ2) is 5.35. The second-order valence-corrected chi connectivity index (χ2v) is 4.49.